The van der Waals surface area contributed by atoms with Gasteiger partial charge in [-0.1, -0.05) is 12.2 Å². The van der Waals surface area contributed by atoms with E-state index in [1.54, 1.807) is 18.2 Å². The van der Waals surface area contributed by atoms with E-state index < -0.39 is 0 Å². The summed E-state index contributed by atoms with van der Waals surface area (Å²) in [5, 5.41) is 0. The fourth-order valence-corrected chi connectivity index (χ4v) is 0.711. The SMILES string of the molecule is NC(=O)CC1=CC=CC=CO1. The van der Waals surface area contributed by atoms with Crippen molar-refractivity contribution in [1.29, 1.82) is 0 Å². The van der Waals surface area contributed by atoms with E-state index >= 15 is 0 Å². The Hall–Kier alpha value is -1.51. The molecule has 0 spiro atoms. The number of nitrogens with two attached hydrogens (primary N) is 1. The number of ether oxygens (including phenoxy) is 1. The molecule has 1 rings (SSSR count). The van der Waals surface area contributed by atoms with Crippen molar-refractivity contribution in [2.24, 2.45) is 5.73 Å². The number of allylic oxidation sites excluding steroid dienone is 4. The molecule has 0 aromatic heterocycles. The van der Waals surface area contributed by atoms with Crippen LogP contribution in [0.15, 0.2) is 36.3 Å². The summed E-state index contributed by atoms with van der Waals surface area (Å²) in [5.74, 6) is 0.183. The van der Waals surface area contributed by atoms with Crippen LogP contribution in [0.25, 0.3) is 0 Å². The molecule has 58 valence electrons. The van der Waals surface area contributed by atoms with Gasteiger partial charge in [0.15, 0.2) is 0 Å². The van der Waals surface area contributed by atoms with E-state index in [9.17, 15) is 4.79 Å². The van der Waals surface area contributed by atoms with Gasteiger partial charge in [-0.15, -0.1) is 0 Å². The largest absolute Gasteiger partial charge is 0.469 e. The predicted molar refractivity (Wildman–Crippen MR) is 41.3 cm³/mol. The van der Waals surface area contributed by atoms with Crippen LogP contribution in [0.1, 0.15) is 6.42 Å². The summed E-state index contributed by atoms with van der Waals surface area (Å²) >= 11 is 0. The molecular formula is C8H9NO2. The minimum absolute atomic E-state index is 0.147. The number of rotatable bonds is 2. The first-order valence-corrected chi connectivity index (χ1v) is 3.26. The van der Waals surface area contributed by atoms with Gasteiger partial charge in [0, 0.05) is 0 Å². The molecule has 0 saturated carbocycles. The quantitative estimate of drug-likeness (QED) is 0.636. The van der Waals surface area contributed by atoms with Crippen LogP contribution in [0.4, 0.5) is 0 Å². The summed E-state index contributed by atoms with van der Waals surface area (Å²) in [4.78, 5) is 10.4. The van der Waals surface area contributed by atoms with Gasteiger partial charge in [0.25, 0.3) is 0 Å². The van der Waals surface area contributed by atoms with Crippen molar-refractivity contribution >= 4 is 5.91 Å². The number of amides is 1. The molecule has 11 heavy (non-hydrogen) atoms. The smallest absolute Gasteiger partial charge is 0.225 e. The van der Waals surface area contributed by atoms with Gasteiger partial charge in [0.05, 0.1) is 12.7 Å². The first-order chi connectivity index (χ1) is 5.29. The van der Waals surface area contributed by atoms with Gasteiger partial charge in [-0.25, -0.2) is 0 Å². The van der Waals surface area contributed by atoms with Gasteiger partial charge in [0.2, 0.25) is 5.91 Å². The van der Waals surface area contributed by atoms with E-state index in [1.165, 1.54) is 6.26 Å². The molecule has 0 radical (unpaired) electrons. The van der Waals surface area contributed by atoms with Crippen LogP contribution in [0.5, 0.6) is 0 Å². The van der Waals surface area contributed by atoms with E-state index in [1.807, 2.05) is 6.08 Å². The third-order valence-corrected chi connectivity index (χ3v) is 1.15. The van der Waals surface area contributed by atoms with Gasteiger partial charge in [-0.3, -0.25) is 4.79 Å². The minimum Gasteiger partial charge on any atom is -0.469 e. The Kier molecular flexibility index (Phi) is 2.49. The van der Waals surface area contributed by atoms with Crippen LogP contribution in [-0.4, -0.2) is 5.91 Å². The number of primary amides is 1. The van der Waals surface area contributed by atoms with Gasteiger partial charge < -0.3 is 10.5 Å². The van der Waals surface area contributed by atoms with Gasteiger partial charge in [0.1, 0.15) is 5.76 Å². The molecule has 0 unspecified atom stereocenters. The van der Waals surface area contributed by atoms with Crippen LogP contribution in [0.3, 0.4) is 0 Å². The van der Waals surface area contributed by atoms with Crippen molar-refractivity contribution in [3.05, 3.63) is 36.3 Å². The lowest BCUT2D eigenvalue weighted by Crippen LogP contribution is -2.11. The maximum atomic E-state index is 10.4. The van der Waals surface area contributed by atoms with Crippen molar-refractivity contribution in [3.8, 4) is 0 Å². The maximum absolute atomic E-state index is 10.4. The summed E-state index contributed by atoms with van der Waals surface area (Å²) in [6.07, 6.45) is 8.72. The number of hydrogen-bond acceptors (Lipinski definition) is 2. The third-order valence-electron chi connectivity index (χ3n) is 1.15. The molecule has 1 heterocycles. The Morgan fingerprint density at radius 1 is 1.45 bits per heavy atom. The van der Waals surface area contributed by atoms with Crippen molar-refractivity contribution in [2.45, 2.75) is 6.42 Å². The Morgan fingerprint density at radius 3 is 3.00 bits per heavy atom. The Labute approximate surface area is 64.8 Å². The molecule has 3 nitrogen and oxygen atoms in total. The number of hydrogen-bond donors (Lipinski definition) is 1. The lowest BCUT2D eigenvalue weighted by molar-refractivity contribution is -0.117. The molecule has 0 aromatic carbocycles. The predicted octanol–water partition coefficient (Wildman–Crippen LogP) is 0.846. The first kappa shape index (κ1) is 7.60. The summed E-state index contributed by atoms with van der Waals surface area (Å²) < 4.78 is 5.03. The number of carbonyl (C=O) groups is 1. The van der Waals surface area contributed by atoms with Crippen molar-refractivity contribution in [2.75, 3.05) is 0 Å². The van der Waals surface area contributed by atoms with Crippen LogP contribution < -0.4 is 5.73 Å². The monoisotopic (exact) mass is 151 g/mol. The Morgan fingerprint density at radius 2 is 2.27 bits per heavy atom. The first-order valence-electron chi connectivity index (χ1n) is 3.26. The van der Waals surface area contributed by atoms with Crippen LogP contribution in [-0.2, 0) is 9.53 Å². The summed E-state index contributed by atoms with van der Waals surface area (Å²) in [6.45, 7) is 0. The minimum atomic E-state index is -0.389. The molecule has 1 aliphatic rings. The topological polar surface area (TPSA) is 52.3 Å². The molecule has 0 fully saturated rings. The normalized spacial score (nSPS) is 15.1. The highest BCUT2D eigenvalue weighted by Crippen LogP contribution is 2.06. The number of carbonyl (C=O) groups excluding carboxylic acids is 1. The zero-order chi connectivity index (χ0) is 8.10. The molecule has 3 heteroatoms. The average Bonchev–Trinajstić information content (AvgIpc) is 2.14. The molecule has 0 atom stereocenters. The van der Waals surface area contributed by atoms with Crippen LogP contribution in [0, 0.1) is 0 Å². The molecule has 0 saturated heterocycles. The average molecular weight is 151 g/mol. The van der Waals surface area contributed by atoms with Gasteiger partial charge in [-0.05, 0) is 12.2 Å². The fourth-order valence-electron chi connectivity index (χ4n) is 0.711. The van der Waals surface area contributed by atoms with Crippen molar-refractivity contribution in [1.82, 2.24) is 0 Å². The van der Waals surface area contributed by atoms with Crippen molar-refractivity contribution < 1.29 is 9.53 Å². The van der Waals surface area contributed by atoms with E-state index in [0.29, 0.717) is 5.76 Å². The van der Waals surface area contributed by atoms with Gasteiger partial charge in [-0.2, -0.15) is 0 Å². The van der Waals surface area contributed by atoms with Crippen molar-refractivity contribution in [3.63, 3.8) is 0 Å². The third kappa shape index (κ3) is 2.71. The van der Waals surface area contributed by atoms with Gasteiger partial charge >= 0.3 is 0 Å². The second-order valence-electron chi connectivity index (χ2n) is 2.11. The molecule has 1 amide bonds. The molecule has 0 aliphatic carbocycles. The zero-order valence-corrected chi connectivity index (χ0v) is 5.99. The molecular weight excluding hydrogens is 142 g/mol. The second kappa shape index (κ2) is 3.61. The lowest BCUT2D eigenvalue weighted by Gasteiger charge is -2.00. The Balaban J connectivity index is 2.57. The highest BCUT2D eigenvalue weighted by molar-refractivity contribution is 5.76. The molecule has 1 aliphatic heterocycles. The second-order valence-corrected chi connectivity index (χ2v) is 2.11. The summed E-state index contributed by atoms with van der Waals surface area (Å²) in [5.41, 5.74) is 4.97. The van der Waals surface area contributed by atoms with E-state index in [0.717, 1.165) is 0 Å². The maximum Gasteiger partial charge on any atom is 0.225 e. The molecule has 0 aromatic rings. The van der Waals surface area contributed by atoms with E-state index in [4.69, 9.17) is 10.5 Å². The molecule has 0 bridgehead atoms. The summed E-state index contributed by atoms with van der Waals surface area (Å²) in [6, 6.07) is 0. The highest BCUT2D eigenvalue weighted by Gasteiger charge is 2.01. The Bertz CT molecular complexity index is 238. The fraction of sp³-hybridized carbons (Fsp3) is 0.125. The van der Waals surface area contributed by atoms with Crippen LogP contribution >= 0.6 is 0 Å². The summed E-state index contributed by atoms with van der Waals surface area (Å²) in [7, 11) is 0. The standard InChI is InChI=1S/C8H9NO2/c9-8(10)6-7-4-2-1-3-5-11-7/h1-5H,6H2,(H2,9,10). The zero-order valence-electron chi connectivity index (χ0n) is 5.99. The van der Waals surface area contributed by atoms with Crippen LogP contribution in [0.2, 0.25) is 0 Å². The van der Waals surface area contributed by atoms with E-state index in [-0.39, 0.29) is 12.3 Å². The highest BCUT2D eigenvalue weighted by atomic mass is 16.5. The van der Waals surface area contributed by atoms with E-state index in [2.05, 4.69) is 0 Å². The molecule has 2 N–H and O–H groups in total. The lowest BCUT2D eigenvalue weighted by atomic mass is 10.3.